The third-order valence-electron chi connectivity index (χ3n) is 1.43. The van der Waals surface area contributed by atoms with E-state index < -0.39 is 11.9 Å². The number of aromatic carboxylic acids is 1. The van der Waals surface area contributed by atoms with Gasteiger partial charge in [0.15, 0.2) is 0 Å². The number of carboxylic acid groups (broad SMARTS) is 1. The largest absolute Gasteiger partial charge is 0.478 e. The SMILES string of the molecule is O=C(O)c1cccc(C(=O)OS)c1.[Na]. The van der Waals surface area contributed by atoms with Crippen LogP contribution in [-0.4, -0.2) is 46.6 Å². The van der Waals surface area contributed by atoms with Crippen LogP contribution in [0.5, 0.6) is 0 Å². The van der Waals surface area contributed by atoms with Crippen molar-refractivity contribution in [3.05, 3.63) is 35.4 Å². The second kappa shape index (κ2) is 6.08. The molecule has 0 heterocycles. The van der Waals surface area contributed by atoms with Crippen LogP contribution in [-0.2, 0) is 4.18 Å². The van der Waals surface area contributed by atoms with E-state index in [0.717, 1.165) is 0 Å². The van der Waals surface area contributed by atoms with Gasteiger partial charge in [-0.3, -0.25) is 0 Å². The summed E-state index contributed by atoms with van der Waals surface area (Å²) in [6.07, 6.45) is 0. The zero-order valence-corrected chi connectivity index (χ0v) is 10.3. The van der Waals surface area contributed by atoms with Crippen molar-refractivity contribution in [1.82, 2.24) is 0 Å². The summed E-state index contributed by atoms with van der Waals surface area (Å²) in [5.74, 6) is -1.76. The number of hydrogen-bond acceptors (Lipinski definition) is 4. The smallest absolute Gasteiger partial charge is 0.349 e. The Morgan fingerprint density at radius 3 is 2.36 bits per heavy atom. The molecule has 0 saturated heterocycles. The van der Waals surface area contributed by atoms with Gasteiger partial charge in [0.25, 0.3) is 0 Å². The topological polar surface area (TPSA) is 63.6 Å². The minimum Gasteiger partial charge on any atom is -0.478 e. The van der Waals surface area contributed by atoms with Gasteiger partial charge in [-0.1, -0.05) is 6.07 Å². The molecule has 1 radical (unpaired) electrons. The predicted octanol–water partition coefficient (Wildman–Crippen LogP) is 1.01. The van der Waals surface area contributed by atoms with Crippen LogP contribution in [0.2, 0.25) is 0 Å². The fraction of sp³-hybridized carbons (Fsp3) is 0. The molecule has 0 bridgehead atoms. The zero-order valence-electron chi connectivity index (χ0n) is 7.43. The van der Waals surface area contributed by atoms with Crippen LogP contribution in [0, 0.1) is 0 Å². The molecule has 0 atom stereocenters. The normalized spacial score (nSPS) is 8.64. The van der Waals surface area contributed by atoms with Crippen LogP contribution < -0.4 is 0 Å². The summed E-state index contributed by atoms with van der Waals surface area (Å²) in [7, 11) is 0. The van der Waals surface area contributed by atoms with Crippen molar-refractivity contribution in [2.45, 2.75) is 0 Å². The van der Waals surface area contributed by atoms with Crippen LogP contribution >= 0.6 is 12.9 Å². The van der Waals surface area contributed by atoms with Crippen LogP contribution in [0.15, 0.2) is 24.3 Å². The number of carboxylic acids is 1. The summed E-state index contributed by atoms with van der Waals surface area (Å²) in [5.41, 5.74) is 0.200. The van der Waals surface area contributed by atoms with E-state index in [1.807, 2.05) is 0 Å². The van der Waals surface area contributed by atoms with Gasteiger partial charge < -0.3 is 9.29 Å². The van der Waals surface area contributed by atoms with E-state index in [1.165, 1.54) is 24.3 Å². The van der Waals surface area contributed by atoms with Gasteiger partial charge in [-0.2, -0.15) is 0 Å². The molecule has 1 N–H and O–H groups in total. The molecule has 6 heteroatoms. The van der Waals surface area contributed by atoms with E-state index in [-0.39, 0.29) is 40.7 Å². The quantitative estimate of drug-likeness (QED) is 0.444. The van der Waals surface area contributed by atoms with Crippen LogP contribution in [0.25, 0.3) is 0 Å². The molecule has 1 aromatic carbocycles. The average Bonchev–Trinajstić information content (AvgIpc) is 2.17. The molecule has 0 fully saturated rings. The Kier molecular flexibility index (Phi) is 5.87. The molecule has 14 heavy (non-hydrogen) atoms. The monoisotopic (exact) mass is 221 g/mol. The first-order valence-electron chi connectivity index (χ1n) is 3.34. The second-order valence-corrected chi connectivity index (χ2v) is 2.45. The van der Waals surface area contributed by atoms with Crippen molar-refractivity contribution in [2.24, 2.45) is 0 Å². The Morgan fingerprint density at radius 1 is 1.29 bits per heavy atom. The third-order valence-corrected chi connectivity index (χ3v) is 1.59. The van der Waals surface area contributed by atoms with E-state index >= 15 is 0 Å². The van der Waals surface area contributed by atoms with Crippen molar-refractivity contribution >= 4 is 54.4 Å². The standard InChI is InChI=1S/C8H6O4S.Na/c9-7(10)5-2-1-3-6(4-5)8(11)12-13;/h1-4,13H,(H,9,10);. The maximum absolute atomic E-state index is 10.9. The molecule has 1 aromatic rings. The maximum Gasteiger partial charge on any atom is 0.349 e. The predicted molar refractivity (Wildman–Crippen MR) is 53.6 cm³/mol. The molecular weight excluding hydrogens is 215 g/mol. The van der Waals surface area contributed by atoms with Crippen LogP contribution in [0.3, 0.4) is 0 Å². The molecular formula is C8H6NaO4S. The number of carbonyl (C=O) groups excluding carboxylic acids is 1. The van der Waals surface area contributed by atoms with Crippen molar-refractivity contribution in [3.63, 3.8) is 0 Å². The molecule has 0 saturated carbocycles. The van der Waals surface area contributed by atoms with Gasteiger partial charge in [0.05, 0.1) is 11.1 Å². The Hall–Kier alpha value is -0.490. The molecule has 1 rings (SSSR count). The van der Waals surface area contributed by atoms with E-state index in [2.05, 4.69) is 17.1 Å². The van der Waals surface area contributed by atoms with Gasteiger partial charge in [0, 0.05) is 42.5 Å². The minimum atomic E-state index is -1.09. The first-order valence-corrected chi connectivity index (χ1v) is 3.71. The first kappa shape index (κ1) is 13.5. The molecule has 0 aliphatic rings. The summed E-state index contributed by atoms with van der Waals surface area (Å²) in [6.45, 7) is 0. The molecule has 0 amide bonds. The molecule has 0 aromatic heterocycles. The van der Waals surface area contributed by atoms with E-state index in [1.54, 1.807) is 0 Å². The fourth-order valence-corrected chi connectivity index (χ4v) is 0.937. The van der Waals surface area contributed by atoms with Gasteiger partial charge in [-0.25, -0.2) is 9.59 Å². The van der Waals surface area contributed by atoms with Gasteiger partial charge in [-0.15, -0.1) is 0 Å². The van der Waals surface area contributed by atoms with Gasteiger partial charge in [-0.05, 0) is 18.2 Å². The van der Waals surface area contributed by atoms with E-state index in [0.29, 0.717) is 0 Å². The number of carbonyl (C=O) groups is 2. The van der Waals surface area contributed by atoms with Crippen molar-refractivity contribution in [2.75, 3.05) is 0 Å². The van der Waals surface area contributed by atoms with Gasteiger partial charge in [0.1, 0.15) is 0 Å². The Balaban J connectivity index is 0.00000169. The van der Waals surface area contributed by atoms with Gasteiger partial charge >= 0.3 is 11.9 Å². The molecule has 0 unspecified atom stereocenters. The summed E-state index contributed by atoms with van der Waals surface area (Å²) in [5, 5.41) is 8.59. The molecule has 4 nitrogen and oxygen atoms in total. The average molecular weight is 221 g/mol. The number of thiol groups is 1. The molecule has 0 spiro atoms. The summed E-state index contributed by atoms with van der Waals surface area (Å²) in [6, 6.07) is 5.52. The summed E-state index contributed by atoms with van der Waals surface area (Å²) in [4.78, 5) is 21.4. The van der Waals surface area contributed by atoms with Crippen molar-refractivity contribution in [1.29, 1.82) is 0 Å². The second-order valence-electron chi connectivity index (χ2n) is 2.26. The van der Waals surface area contributed by atoms with Crippen LogP contribution in [0.1, 0.15) is 20.7 Å². The Bertz CT molecular complexity index is 353. The number of hydrogen-bond donors (Lipinski definition) is 2. The third kappa shape index (κ3) is 3.34. The molecule has 0 aliphatic carbocycles. The molecule has 69 valence electrons. The van der Waals surface area contributed by atoms with E-state index in [9.17, 15) is 9.59 Å². The Labute approximate surface area is 108 Å². The van der Waals surface area contributed by atoms with E-state index in [4.69, 9.17) is 5.11 Å². The van der Waals surface area contributed by atoms with Crippen LogP contribution in [0.4, 0.5) is 0 Å². The van der Waals surface area contributed by atoms with Crippen molar-refractivity contribution < 1.29 is 18.9 Å². The summed E-state index contributed by atoms with van der Waals surface area (Å²) < 4.78 is 4.13. The van der Waals surface area contributed by atoms with Gasteiger partial charge in [0.2, 0.25) is 0 Å². The maximum atomic E-state index is 10.9. The minimum absolute atomic E-state index is 0. The first-order chi connectivity index (χ1) is 6.15. The fourth-order valence-electron chi connectivity index (χ4n) is 0.832. The number of rotatable bonds is 2. The summed E-state index contributed by atoms with van der Waals surface area (Å²) >= 11 is 3.32. The number of benzene rings is 1. The van der Waals surface area contributed by atoms with Crippen molar-refractivity contribution in [3.8, 4) is 0 Å². The Morgan fingerprint density at radius 2 is 1.86 bits per heavy atom. The zero-order chi connectivity index (χ0) is 9.84. The molecule has 0 aliphatic heterocycles.